The van der Waals surface area contributed by atoms with Crippen LogP contribution in [0.2, 0.25) is 0 Å². The van der Waals surface area contributed by atoms with Gasteiger partial charge in [0.1, 0.15) is 15.4 Å². The van der Waals surface area contributed by atoms with Crippen LogP contribution in [0.4, 0.5) is 0 Å². The van der Waals surface area contributed by atoms with Crippen molar-refractivity contribution >= 4 is 27.3 Å². The Morgan fingerprint density at radius 3 is 2.58 bits per heavy atom. The molecule has 9 heteroatoms. The van der Waals surface area contributed by atoms with Crippen LogP contribution in [0, 0.1) is 6.92 Å². The minimum Gasteiger partial charge on any atom is -0.465 e. The molecule has 0 unspecified atom stereocenters. The van der Waals surface area contributed by atoms with Gasteiger partial charge in [-0.05, 0) is 42.8 Å². The van der Waals surface area contributed by atoms with E-state index in [2.05, 4.69) is 9.72 Å². The molecular weight excluding hydrogens is 376 g/mol. The molecule has 1 saturated heterocycles. The second-order valence-corrected chi connectivity index (χ2v) is 9.08. The van der Waals surface area contributed by atoms with E-state index < -0.39 is 21.6 Å². The molecule has 3 heterocycles. The van der Waals surface area contributed by atoms with E-state index in [-0.39, 0.29) is 35.7 Å². The lowest BCUT2D eigenvalue weighted by Crippen LogP contribution is -2.45. The van der Waals surface area contributed by atoms with E-state index in [0.717, 1.165) is 16.9 Å². The van der Waals surface area contributed by atoms with Gasteiger partial charge in [0.05, 0.1) is 12.8 Å². The Bertz CT molecular complexity index is 897. The summed E-state index contributed by atoms with van der Waals surface area (Å²) in [7, 11) is -2.62. The Kier molecular flexibility index (Phi) is 5.16. The van der Waals surface area contributed by atoms with Crippen molar-refractivity contribution in [2.45, 2.75) is 30.3 Å². The average Bonchev–Trinajstić information content (AvgIpc) is 3.12. The molecule has 1 aliphatic rings. The zero-order valence-corrected chi connectivity index (χ0v) is 16.1. The van der Waals surface area contributed by atoms with E-state index in [1.54, 1.807) is 17.6 Å². The summed E-state index contributed by atoms with van der Waals surface area (Å²) in [6, 6.07) is 5.06. The van der Waals surface area contributed by atoms with Crippen molar-refractivity contribution in [1.82, 2.24) is 9.29 Å². The number of sulfonamides is 1. The summed E-state index contributed by atoms with van der Waals surface area (Å²) in [5, 5.41) is 12.4. The van der Waals surface area contributed by atoms with Crippen molar-refractivity contribution in [3.05, 3.63) is 45.9 Å². The third-order valence-corrected chi connectivity index (χ3v) is 7.52. The number of pyridine rings is 1. The molecule has 2 aromatic heterocycles. The predicted molar refractivity (Wildman–Crippen MR) is 96.5 cm³/mol. The number of aryl methyl sites for hydroxylation is 1. The highest BCUT2D eigenvalue weighted by molar-refractivity contribution is 7.89. The Morgan fingerprint density at radius 2 is 2.00 bits per heavy atom. The summed E-state index contributed by atoms with van der Waals surface area (Å²) in [5.41, 5.74) is 0.385. The number of hydrogen-bond donors (Lipinski definition) is 1. The van der Waals surface area contributed by atoms with Gasteiger partial charge in [0.2, 0.25) is 10.0 Å². The van der Waals surface area contributed by atoms with Gasteiger partial charge < -0.3 is 9.84 Å². The number of piperidine rings is 1. The van der Waals surface area contributed by atoms with E-state index in [0.29, 0.717) is 5.69 Å². The van der Waals surface area contributed by atoms with E-state index in [1.807, 2.05) is 13.0 Å². The molecule has 1 fully saturated rings. The predicted octanol–water partition coefficient (Wildman–Crippen LogP) is 1.91. The van der Waals surface area contributed by atoms with Crippen molar-refractivity contribution in [3.8, 4) is 0 Å². The fourth-order valence-corrected chi connectivity index (χ4v) is 5.73. The van der Waals surface area contributed by atoms with E-state index >= 15 is 0 Å². The minimum absolute atomic E-state index is 0.0479. The maximum atomic E-state index is 12.9. The lowest BCUT2D eigenvalue weighted by atomic mass is 9.88. The summed E-state index contributed by atoms with van der Waals surface area (Å²) in [6.45, 7) is 2.20. The third-order valence-electron chi connectivity index (χ3n) is 4.56. The van der Waals surface area contributed by atoms with Crippen molar-refractivity contribution in [3.63, 3.8) is 0 Å². The molecule has 0 spiro atoms. The van der Waals surface area contributed by atoms with Crippen LogP contribution in [0.3, 0.4) is 0 Å². The number of ether oxygens (including phenoxy) is 1. The minimum atomic E-state index is -3.83. The van der Waals surface area contributed by atoms with Gasteiger partial charge in [-0.15, -0.1) is 11.3 Å². The summed E-state index contributed by atoms with van der Waals surface area (Å²) in [4.78, 5) is 16.1. The van der Waals surface area contributed by atoms with Crippen LogP contribution >= 0.6 is 11.3 Å². The van der Waals surface area contributed by atoms with Gasteiger partial charge in [0.15, 0.2) is 0 Å². The number of carbonyl (C=O) groups excluding carboxylic acids is 1. The number of rotatable bonds is 4. The van der Waals surface area contributed by atoms with E-state index in [1.165, 1.54) is 17.5 Å². The lowest BCUT2D eigenvalue weighted by molar-refractivity contribution is -0.0134. The molecule has 0 aliphatic carbocycles. The van der Waals surface area contributed by atoms with Crippen molar-refractivity contribution in [1.29, 1.82) is 0 Å². The number of thiophene rings is 1. The molecule has 26 heavy (non-hydrogen) atoms. The second-order valence-electron chi connectivity index (χ2n) is 6.26. The zero-order chi connectivity index (χ0) is 18.9. The van der Waals surface area contributed by atoms with E-state index in [4.69, 9.17) is 0 Å². The number of aliphatic hydroxyl groups is 1. The average molecular weight is 396 g/mol. The van der Waals surface area contributed by atoms with Crippen LogP contribution in [0.5, 0.6) is 0 Å². The van der Waals surface area contributed by atoms with Crippen molar-refractivity contribution in [2.24, 2.45) is 0 Å². The molecule has 140 valence electrons. The Morgan fingerprint density at radius 1 is 1.31 bits per heavy atom. The van der Waals surface area contributed by atoms with Gasteiger partial charge in [0, 0.05) is 19.3 Å². The van der Waals surface area contributed by atoms with Crippen molar-refractivity contribution in [2.75, 3.05) is 20.2 Å². The van der Waals surface area contributed by atoms with Crippen LogP contribution < -0.4 is 0 Å². The molecular formula is C17H20N2O5S2. The van der Waals surface area contributed by atoms with E-state index in [9.17, 15) is 18.3 Å². The van der Waals surface area contributed by atoms with Crippen LogP contribution in [0.25, 0.3) is 0 Å². The second kappa shape index (κ2) is 7.07. The number of methoxy groups -OCH3 is 1. The molecule has 1 N–H and O–H groups in total. The molecule has 0 bridgehead atoms. The Labute approximate surface area is 156 Å². The number of esters is 1. The number of carbonyl (C=O) groups is 1. The summed E-state index contributed by atoms with van der Waals surface area (Å²) < 4.78 is 31.8. The molecule has 2 aromatic rings. The largest absolute Gasteiger partial charge is 0.465 e. The first-order chi connectivity index (χ1) is 12.3. The van der Waals surface area contributed by atoms with Gasteiger partial charge in [-0.1, -0.05) is 6.07 Å². The number of hydrogen-bond acceptors (Lipinski definition) is 7. The lowest BCUT2D eigenvalue weighted by Gasteiger charge is -2.37. The monoisotopic (exact) mass is 396 g/mol. The maximum Gasteiger partial charge on any atom is 0.349 e. The molecule has 0 amide bonds. The van der Waals surface area contributed by atoms with Gasteiger partial charge in [-0.3, -0.25) is 4.98 Å². The summed E-state index contributed by atoms with van der Waals surface area (Å²) in [6.07, 6.45) is 2.16. The molecule has 1 aliphatic heterocycles. The molecule has 3 rings (SSSR count). The molecule has 0 radical (unpaired) electrons. The van der Waals surface area contributed by atoms with Gasteiger partial charge in [-0.2, -0.15) is 4.31 Å². The maximum absolute atomic E-state index is 12.9. The molecule has 0 atom stereocenters. The normalized spacial score (nSPS) is 17.8. The standard InChI is InChI=1S/C17H20N2O5S2/c1-12-3-4-14(18-11-12)17(21)6-8-19(9-7-17)26(22,23)13-5-10-25-15(13)16(20)24-2/h3-5,10-11,21H,6-9H2,1-2H3. The fraction of sp³-hybridized carbons (Fsp3) is 0.412. The quantitative estimate of drug-likeness (QED) is 0.793. The van der Waals surface area contributed by atoms with Crippen molar-refractivity contribution < 1.29 is 23.1 Å². The zero-order valence-electron chi connectivity index (χ0n) is 14.5. The first-order valence-electron chi connectivity index (χ1n) is 8.09. The topological polar surface area (TPSA) is 96.8 Å². The molecule has 0 aromatic carbocycles. The Balaban J connectivity index is 1.80. The Hall–Kier alpha value is -1.81. The smallest absolute Gasteiger partial charge is 0.349 e. The highest BCUT2D eigenvalue weighted by Gasteiger charge is 2.40. The highest BCUT2D eigenvalue weighted by atomic mass is 32.2. The van der Waals surface area contributed by atoms with Gasteiger partial charge in [0.25, 0.3) is 0 Å². The molecule has 0 saturated carbocycles. The highest BCUT2D eigenvalue weighted by Crippen LogP contribution is 2.35. The number of nitrogens with zero attached hydrogens (tertiary/aromatic N) is 2. The summed E-state index contributed by atoms with van der Waals surface area (Å²) in [5.74, 6) is -0.670. The van der Waals surface area contributed by atoms with Gasteiger partial charge in [-0.25, -0.2) is 13.2 Å². The molecule has 7 nitrogen and oxygen atoms in total. The van der Waals surface area contributed by atoms with Crippen LogP contribution in [0.15, 0.2) is 34.7 Å². The SMILES string of the molecule is COC(=O)c1sccc1S(=O)(=O)N1CCC(O)(c2ccc(C)cn2)CC1. The first-order valence-corrected chi connectivity index (χ1v) is 10.4. The number of aromatic nitrogens is 1. The summed E-state index contributed by atoms with van der Waals surface area (Å²) >= 11 is 1.03. The van der Waals surface area contributed by atoms with Gasteiger partial charge >= 0.3 is 5.97 Å². The fourth-order valence-electron chi connectivity index (χ4n) is 2.98. The third kappa shape index (κ3) is 3.39. The van der Waals surface area contributed by atoms with Crippen LogP contribution in [0.1, 0.15) is 33.8 Å². The first kappa shape index (κ1) is 19.0. The van der Waals surface area contributed by atoms with Crippen LogP contribution in [-0.2, 0) is 20.4 Å². The van der Waals surface area contributed by atoms with Crippen LogP contribution in [-0.4, -0.2) is 49.0 Å².